The zero-order valence-corrected chi connectivity index (χ0v) is 9.56. The van der Waals surface area contributed by atoms with Crippen LogP contribution in [0.3, 0.4) is 0 Å². The number of hydrogen-bond acceptors (Lipinski definition) is 2. The van der Waals surface area contributed by atoms with Crippen molar-refractivity contribution in [2.75, 3.05) is 5.75 Å². The van der Waals surface area contributed by atoms with E-state index in [0.29, 0.717) is 12.0 Å². The number of unbranched alkanes of at least 4 members (excludes halogenated alkanes) is 1. The van der Waals surface area contributed by atoms with Crippen LogP contribution in [0.5, 0.6) is 0 Å². The summed E-state index contributed by atoms with van der Waals surface area (Å²) in [5, 5.41) is 0. The Hall–Kier alpha value is -0.900. The molecule has 0 atom stereocenters. The van der Waals surface area contributed by atoms with Gasteiger partial charge in [-0.15, -0.1) is 0 Å². The van der Waals surface area contributed by atoms with Crippen molar-refractivity contribution in [1.82, 2.24) is 0 Å². The molecule has 0 saturated carbocycles. The Morgan fingerprint density at radius 1 is 1.33 bits per heavy atom. The van der Waals surface area contributed by atoms with Gasteiger partial charge in [-0.25, -0.2) is 12.8 Å². The van der Waals surface area contributed by atoms with E-state index < -0.39 is 15.7 Å². The fraction of sp³-hybridized carbons (Fsp3) is 0.455. The molecule has 1 aromatic rings. The van der Waals surface area contributed by atoms with E-state index in [4.69, 9.17) is 0 Å². The molecule has 0 aliphatic carbocycles. The molecular formula is C11H15FO2S. The summed E-state index contributed by atoms with van der Waals surface area (Å²) in [5.41, 5.74) is 0.520. The molecular weight excluding hydrogens is 215 g/mol. The lowest BCUT2D eigenvalue weighted by molar-refractivity contribution is 0.591. The number of halogens is 1. The lowest BCUT2D eigenvalue weighted by Crippen LogP contribution is -2.09. The molecule has 0 spiro atoms. The second-order valence-electron chi connectivity index (χ2n) is 3.58. The quantitative estimate of drug-likeness (QED) is 0.779. The van der Waals surface area contributed by atoms with Crippen LogP contribution in [0.2, 0.25) is 0 Å². The van der Waals surface area contributed by atoms with Gasteiger partial charge >= 0.3 is 0 Å². The number of benzene rings is 1. The standard InChI is InChI=1S/C11H15FO2S/c1-2-3-7-15(13,14)9-10-5-4-6-11(12)8-10/h4-6,8H,2-3,7,9H2,1H3. The largest absolute Gasteiger partial charge is 0.228 e. The molecule has 15 heavy (non-hydrogen) atoms. The lowest BCUT2D eigenvalue weighted by atomic mass is 10.2. The second-order valence-corrected chi connectivity index (χ2v) is 5.76. The van der Waals surface area contributed by atoms with E-state index in [9.17, 15) is 12.8 Å². The van der Waals surface area contributed by atoms with E-state index in [1.54, 1.807) is 6.07 Å². The number of sulfone groups is 1. The van der Waals surface area contributed by atoms with Gasteiger partial charge in [-0.2, -0.15) is 0 Å². The lowest BCUT2D eigenvalue weighted by Gasteiger charge is -2.03. The maximum Gasteiger partial charge on any atom is 0.154 e. The smallest absolute Gasteiger partial charge is 0.154 e. The Morgan fingerprint density at radius 3 is 2.67 bits per heavy atom. The van der Waals surface area contributed by atoms with Crippen LogP contribution in [-0.4, -0.2) is 14.2 Å². The van der Waals surface area contributed by atoms with E-state index in [0.717, 1.165) is 6.42 Å². The Bertz CT molecular complexity index is 412. The summed E-state index contributed by atoms with van der Waals surface area (Å²) in [6, 6.07) is 5.73. The monoisotopic (exact) mass is 230 g/mol. The van der Waals surface area contributed by atoms with Crippen LogP contribution in [0.4, 0.5) is 4.39 Å². The third-order valence-electron chi connectivity index (χ3n) is 2.08. The zero-order chi connectivity index (χ0) is 11.3. The van der Waals surface area contributed by atoms with E-state index in [-0.39, 0.29) is 11.5 Å². The molecule has 0 fully saturated rings. The van der Waals surface area contributed by atoms with E-state index in [1.807, 2.05) is 6.92 Å². The van der Waals surface area contributed by atoms with Crippen molar-refractivity contribution in [1.29, 1.82) is 0 Å². The van der Waals surface area contributed by atoms with Crippen LogP contribution in [-0.2, 0) is 15.6 Å². The number of hydrogen-bond donors (Lipinski definition) is 0. The molecule has 1 aromatic carbocycles. The molecule has 0 aliphatic heterocycles. The van der Waals surface area contributed by atoms with Crippen molar-refractivity contribution in [3.63, 3.8) is 0 Å². The van der Waals surface area contributed by atoms with Crippen LogP contribution in [0, 0.1) is 5.82 Å². The Balaban J connectivity index is 2.69. The zero-order valence-electron chi connectivity index (χ0n) is 8.74. The predicted molar refractivity (Wildman–Crippen MR) is 58.8 cm³/mol. The molecule has 4 heteroatoms. The highest BCUT2D eigenvalue weighted by atomic mass is 32.2. The highest BCUT2D eigenvalue weighted by molar-refractivity contribution is 7.90. The SMILES string of the molecule is CCCCS(=O)(=O)Cc1cccc(F)c1. The van der Waals surface area contributed by atoms with Gasteiger partial charge in [-0.05, 0) is 24.1 Å². The molecule has 2 nitrogen and oxygen atoms in total. The maximum absolute atomic E-state index is 12.8. The van der Waals surface area contributed by atoms with Crippen molar-refractivity contribution in [3.05, 3.63) is 35.6 Å². The van der Waals surface area contributed by atoms with Crippen LogP contribution in [0.15, 0.2) is 24.3 Å². The number of rotatable bonds is 5. The summed E-state index contributed by atoms with van der Waals surface area (Å²) in [5.74, 6) is -0.275. The van der Waals surface area contributed by atoms with Crippen molar-refractivity contribution in [2.45, 2.75) is 25.5 Å². The summed E-state index contributed by atoms with van der Waals surface area (Å²) < 4.78 is 35.9. The third-order valence-corrected chi connectivity index (χ3v) is 3.77. The van der Waals surface area contributed by atoms with Crippen LogP contribution in [0.25, 0.3) is 0 Å². The minimum atomic E-state index is -3.08. The van der Waals surface area contributed by atoms with Gasteiger partial charge < -0.3 is 0 Å². The summed E-state index contributed by atoms with van der Waals surface area (Å²) in [6.45, 7) is 1.94. The van der Waals surface area contributed by atoms with Gasteiger partial charge in [0, 0.05) is 0 Å². The molecule has 0 N–H and O–H groups in total. The summed E-state index contributed by atoms with van der Waals surface area (Å²) in [4.78, 5) is 0. The van der Waals surface area contributed by atoms with Gasteiger partial charge in [-0.3, -0.25) is 0 Å². The molecule has 84 valence electrons. The average Bonchev–Trinajstić information content (AvgIpc) is 2.14. The van der Waals surface area contributed by atoms with E-state index >= 15 is 0 Å². The van der Waals surface area contributed by atoms with Crippen molar-refractivity contribution in [3.8, 4) is 0 Å². The van der Waals surface area contributed by atoms with Gasteiger partial charge in [0.05, 0.1) is 11.5 Å². The minimum absolute atomic E-state index is 0.0647. The van der Waals surface area contributed by atoms with Crippen molar-refractivity contribution in [2.24, 2.45) is 0 Å². The first-order chi connectivity index (χ1) is 7.03. The second kappa shape index (κ2) is 5.26. The molecule has 0 bridgehead atoms. The van der Waals surface area contributed by atoms with Crippen LogP contribution >= 0.6 is 0 Å². The van der Waals surface area contributed by atoms with Crippen molar-refractivity contribution < 1.29 is 12.8 Å². The predicted octanol–water partition coefficient (Wildman–Crippen LogP) is 2.54. The highest BCUT2D eigenvalue weighted by Crippen LogP contribution is 2.09. The van der Waals surface area contributed by atoms with Gasteiger partial charge in [0.1, 0.15) is 5.82 Å². The van der Waals surface area contributed by atoms with Crippen LogP contribution in [0.1, 0.15) is 25.3 Å². The Morgan fingerprint density at radius 2 is 2.07 bits per heavy atom. The Kier molecular flexibility index (Phi) is 4.27. The fourth-order valence-corrected chi connectivity index (χ4v) is 2.88. The molecule has 0 amide bonds. The van der Waals surface area contributed by atoms with E-state index in [2.05, 4.69) is 0 Å². The molecule has 0 aliphatic rings. The fourth-order valence-electron chi connectivity index (χ4n) is 1.32. The van der Waals surface area contributed by atoms with Gasteiger partial charge in [0.2, 0.25) is 0 Å². The first kappa shape index (κ1) is 12.2. The normalized spacial score (nSPS) is 11.6. The molecule has 0 radical (unpaired) electrons. The van der Waals surface area contributed by atoms with Gasteiger partial charge in [-0.1, -0.05) is 25.5 Å². The molecule has 0 unspecified atom stereocenters. The maximum atomic E-state index is 12.8. The van der Waals surface area contributed by atoms with Gasteiger partial charge in [0.25, 0.3) is 0 Å². The molecule has 1 rings (SSSR count). The van der Waals surface area contributed by atoms with Crippen molar-refractivity contribution >= 4 is 9.84 Å². The first-order valence-corrected chi connectivity index (χ1v) is 6.80. The molecule has 0 saturated heterocycles. The average molecular weight is 230 g/mol. The topological polar surface area (TPSA) is 34.1 Å². The third kappa shape index (κ3) is 4.42. The Labute approximate surface area is 90.0 Å². The summed E-state index contributed by atoms with van der Waals surface area (Å²) in [6.07, 6.45) is 1.51. The molecule has 0 aromatic heterocycles. The van der Waals surface area contributed by atoms with Gasteiger partial charge in [0.15, 0.2) is 9.84 Å². The van der Waals surface area contributed by atoms with Crippen LogP contribution < -0.4 is 0 Å². The molecule has 0 heterocycles. The minimum Gasteiger partial charge on any atom is -0.228 e. The summed E-state index contributed by atoms with van der Waals surface area (Å²) in [7, 11) is -3.08. The highest BCUT2D eigenvalue weighted by Gasteiger charge is 2.11. The van der Waals surface area contributed by atoms with E-state index in [1.165, 1.54) is 18.2 Å². The first-order valence-electron chi connectivity index (χ1n) is 4.98. The summed E-state index contributed by atoms with van der Waals surface area (Å²) >= 11 is 0.